The fourth-order valence-electron chi connectivity index (χ4n) is 2.11. The zero-order chi connectivity index (χ0) is 8.55. The lowest BCUT2D eigenvalue weighted by Crippen LogP contribution is -2.59. The lowest BCUT2D eigenvalue weighted by Gasteiger charge is -2.45. The van der Waals surface area contributed by atoms with Gasteiger partial charge in [0.2, 0.25) is 0 Å². The van der Waals surface area contributed by atoms with E-state index in [1.165, 1.54) is 19.6 Å². The van der Waals surface area contributed by atoms with Gasteiger partial charge in [-0.2, -0.15) is 0 Å². The molecule has 0 bridgehead atoms. The van der Waals surface area contributed by atoms with Crippen LogP contribution in [0.2, 0.25) is 0 Å². The van der Waals surface area contributed by atoms with Crippen LogP contribution in [0.4, 0.5) is 0 Å². The largest absolute Gasteiger partial charge is 0.378 e. The van der Waals surface area contributed by atoms with Crippen LogP contribution in [-0.4, -0.2) is 61.8 Å². The van der Waals surface area contributed by atoms with Crippen LogP contribution in [0, 0.1) is 0 Å². The van der Waals surface area contributed by atoms with Crippen molar-refractivity contribution in [2.75, 3.05) is 39.9 Å². The van der Waals surface area contributed by atoms with Crippen LogP contribution in [-0.2, 0) is 4.74 Å². The van der Waals surface area contributed by atoms with Gasteiger partial charge in [0, 0.05) is 25.7 Å². The molecular formula is C9H18N2O. The lowest BCUT2D eigenvalue weighted by atomic mass is 10.1. The summed E-state index contributed by atoms with van der Waals surface area (Å²) < 4.78 is 5.21. The van der Waals surface area contributed by atoms with Crippen molar-refractivity contribution in [3.63, 3.8) is 0 Å². The third-order valence-corrected chi connectivity index (χ3v) is 2.97. The number of piperazine rings is 1. The molecule has 2 fully saturated rings. The maximum absolute atomic E-state index is 5.21. The molecule has 2 saturated heterocycles. The van der Waals surface area contributed by atoms with E-state index in [4.69, 9.17) is 4.74 Å². The summed E-state index contributed by atoms with van der Waals surface area (Å²) in [5, 5.41) is 0. The van der Waals surface area contributed by atoms with Gasteiger partial charge < -0.3 is 9.64 Å². The van der Waals surface area contributed by atoms with Crippen LogP contribution < -0.4 is 0 Å². The summed E-state index contributed by atoms with van der Waals surface area (Å²) in [6.45, 7) is 7.85. The molecule has 3 heteroatoms. The van der Waals surface area contributed by atoms with Crippen molar-refractivity contribution in [2.45, 2.75) is 19.0 Å². The Bertz CT molecular complexity index is 159. The molecule has 2 aliphatic heterocycles. The highest BCUT2D eigenvalue weighted by molar-refractivity contribution is 4.86. The first-order chi connectivity index (χ1) is 5.77. The van der Waals surface area contributed by atoms with Gasteiger partial charge in [-0.25, -0.2) is 0 Å². The molecule has 3 nitrogen and oxygen atoms in total. The summed E-state index contributed by atoms with van der Waals surface area (Å²) >= 11 is 0. The Morgan fingerprint density at radius 2 is 2.00 bits per heavy atom. The predicted molar refractivity (Wildman–Crippen MR) is 48.3 cm³/mol. The standard InChI is InChI=1S/C9H18N2O/c1-8-5-10(2)3-4-11(8)9-6-12-7-9/h8-9H,3-7H2,1-2H3/t8-/m0/s1. The van der Waals surface area contributed by atoms with E-state index in [1.54, 1.807) is 0 Å². The van der Waals surface area contributed by atoms with Crippen molar-refractivity contribution in [1.29, 1.82) is 0 Å². The maximum Gasteiger partial charge on any atom is 0.0645 e. The molecule has 2 aliphatic rings. The van der Waals surface area contributed by atoms with E-state index in [0.29, 0.717) is 12.1 Å². The summed E-state index contributed by atoms with van der Waals surface area (Å²) in [4.78, 5) is 4.99. The Balaban J connectivity index is 1.88. The van der Waals surface area contributed by atoms with Crippen LogP contribution in [0.15, 0.2) is 0 Å². The van der Waals surface area contributed by atoms with Gasteiger partial charge in [-0.15, -0.1) is 0 Å². The third kappa shape index (κ3) is 1.49. The molecule has 1 atom stereocenters. The molecule has 2 rings (SSSR count). The first-order valence-electron chi connectivity index (χ1n) is 4.79. The molecule has 0 unspecified atom stereocenters. The van der Waals surface area contributed by atoms with Crippen LogP contribution in [0.5, 0.6) is 0 Å². The highest BCUT2D eigenvalue weighted by Crippen LogP contribution is 2.17. The normalized spacial score (nSPS) is 35.0. The average molecular weight is 170 g/mol. The van der Waals surface area contributed by atoms with Gasteiger partial charge in [-0.3, -0.25) is 4.90 Å². The van der Waals surface area contributed by atoms with Crippen LogP contribution in [0.3, 0.4) is 0 Å². The molecule has 70 valence electrons. The Hall–Kier alpha value is -0.120. The summed E-state index contributed by atoms with van der Waals surface area (Å²) in [5.74, 6) is 0. The number of likely N-dealkylation sites (N-methyl/N-ethyl adjacent to an activating group) is 1. The number of hydrogen-bond donors (Lipinski definition) is 0. The number of ether oxygens (including phenoxy) is 1. The van der Waals surface area contributed by atoms with E-state index >= 15 is 0 Å². The summed E-state index contributed by atoms with van der Waals surface area (Å²) in [6.07, 6.45) is 0. The molecule has 0 N–H and O–H groups in total. The number of nitrogens with zero attached hydrogens (tertiary/aromatic N) is 2. The molecule has 0 aromatic carbocycles. The summed E-state index contributed by atoms with van der Waals surface area (Å²) in [6, 6.07) is 1.42. The minimum absolute atomic E-state index is 0.706. The van der Waals surface area contributed by atoms with E-state index in [9.17, 15) is 0 Å². The molecule has 2 heterocycles. The topological polar surface area (TPSA) is 15.7 Å². The quantitative estimate of drug-likeness (QED) is 0.552. The van der Waals surface area contributed by atoms with E-state index in [1.807, 2.05) is 0 Å². The van der Waals surface area contributed by atoms with Gasteiger partial charge in [0.25, 0.3) is 0 Å². The minimum Gasteiger partial charge on any atom is -0.378 e. The number of rotatable bonds is 1. The molecular weight excluding hydrogens is 152 g/mol. The fraction of sp³-hybridized carbons (Fsp3) is 1.00. The fourth-order valence-corrected chi connectivity index (χ4v) is 2.11. The zero-order valence-electron chi connectivity index (χ0n) is 7.99. The van der Waals surface area contributed by atoms with Crippen molar-refractivity contribution < 1.29 is 4.74 Å². The average Bonchev–Trinajstić information content (AvgIpc) is 1.91. The van der Waals surface area contributed by atoms with E-state index in [-0.39, 0.29) is 0 Å². The molecule has 0 spiro atoms. The third-order valence-electron chi connectivity index (χ3n) is 2.97. The van der Waals surface area contributed by atoms with Crippen molar-refractivity contribution in [3.8, 4) is 0 Å². The van der Waals surface area contributed by atoms with Crippen LogP contribution in [0.1, 0.15) is 6.92 Å². The molecule has 0 aromatic heterocycles. The smallest absolute Gasteiger partial charge is 0.0645 e. The first kappa shape index (κ1) is 8.48. The summed E-state index contributed by atoms with van der Waals surface area (Å²) in [5.41, 5.74) is 0. The van der Waals surface area contributed by atoms with E-state index in [0.717, 1.165) is 13.2 Å². The molecule has 12 heavy (non-hydrogen) atoms. The van der Waals surface area contributed by atoms with E-state index in [2.05, 4.69) is 23.8 Å². The van der Waals surface area contributed by atoms with Crippen molar-refractivity contribution >= 4 is 0 Å². The highest BCUT2D eigenvalue weighted by atomic mass is 16.5. The Kier molecular flexibility index (Phi) is 2.35. The van der Waals surface area contributed by atoms with Gasteiger partial charge >= 0.3 is 0 Å². The van der Waals surface area contributed by atoms with Gasteiger partial charge in [-0.1, -0.05) is 0 Å². The lowest BCUT2D eigenvalue weighted by molar-refractivity contribution is -0.0912. The Morgan fingerprint density at radius 1 is 1.25 bits per heavy atom. The second kappa shape index (κ2) is 3.32. The molecule has 0 radical (unpaired) electrons. The van der Waals surface area contributed by atoms with Gasteiger partial charge in [0.1, 0.15) is 0 Å². The zero-order valence-corrected chi connectivity index (χ0v) is 7.99. The minimum atomic E-state index is 0.706. The SMILES string of the molecule is C[C@H]1CN(C)CCN1C1COC1. The van der Waals surface area contributed by atoms with E-state index < -0.39 is 0 Å². The van der Waals surface area contributed by atoms with Crippen molar-refractivity contribution in [3.05, 3.63) is 0 Å². The summed E-state index contributed by atoms with van der Waals surface area (Å²) in [7, 11) is 2.20. The number of hydrogen-bond acceptors (Lipinski definition) is 3. The maximum atomic E-state index is 5.21. The molecule has 0 amide bonds. The second-order valence-electron chi connectivity index (χ2n) is 4.04. The Morgan fingerprint density at radius 3 is 2.50 bits per heavy atom. The second-order valence-corrected chi connectivity index (χ2v) is 4.04. The van der Waals surface area contributed by atoms with Crippen molar-refractivity contribution in [1.82, 2.24) is 9.80 Å². The molecule has 0 aromatic rings. The van der Waals surface area contributed by atoms with Crippen molar-refractivity contribution in [2.24, 2.45) is 0 Å². The first-order valence-corrected chi connectivity index (χ1v) is 4.79. The van der Waals surface area contributed by atoms with Crippen LogP contribution >= 0.6 is 0 Å². The highest BCUT2D eigenvalue weighted by Gasteiger charge is 2.32. The van der Waals surface area contributed by atoms with Crippen LogP contribution in [0.25, 0.3) is 0 Å². The predicted octanol–water partition coefficient (Wildman–Crippen LogP) is 0.0211. The van der Waals surface area contributed by atoms with Gasteiger partial charge in [-0.05, 0) is 14.0 Å². The Labute approximate surface area is 74.3 Å². The molecule has 0 aliphatic carbocycles. The van der Waals surface area contributed by atoms with Gasteiger partial charge in [0.15, 0.2) is 0 Å². The monoisotopic (exact) mass is 170 g/mol. The van der Waals surface area contributed by atoms with Gasteiger partial charge in [0.05, 0.1) is 19.3 Å². The molecule has 0 saturated carbocycles.